The van der Waals surface area contributed by atoms with Gasteiger partial charge >= 0.3 is 0 Å². The van der Waals surface area contributed by atoms with Crippen molar-refractivity contribution in [2.24, 2.45) is 5.92 Å². The van der Waals surface area contributed by atoms with E-state index < -0.39 is 0 Å². The average Bonchev–Trinajstić information content (AvgIpc) is 2.98. The predicted octanol–water partition coefficient (Wildman–Crippen LogP) is 1.64. The molecule has 5 nitrogen and oxygen atoms in total. The molecule has 0 aliphatic heterocycles. The zero-order valence-electron chi connectivity index (χ0n) is 10.5. The normalized spacial score (nSPS) is 10.8. The molecule has 2 rings (SSSR count). The third-order valence-corrected chi connectivity index (χ3v) is 3.32. The Hall–Kier alpha value is -1.69. The number of nitrogens with zero attached hydrogens (tertiary/aromatic N) is 3. The van der Waals surface area contributed by atoms with Crippen LogP contribution in [0.3, 0.4) is 0 Å². The zero-order chi connectivity index (χ0) is 13.0. The van der Waals surface area contributed by atoms with Gasteiger partial charge in [-0.2, -0.15) is 5.10 Å². The second kappa shape index (κ2) is 5.77. The second-order valence-electron chi connectivity index (χ2n) is 4.27. The molecule has 0 unspecified atom stereocenters. The van der Waals surface area contributed by atoms with Gasteiger partial charge in [-0.3, -0.25) is 4.79 Å². The van der Waals surface area contributed by atoms with Crippen molar-refractivity contribution < 1.29 is 4.79 Å². The standard InChI is InChI=1S/C12H16N4OS/c1-9(2)11(17)13-6-4-10-8-18-12(15-10)16-7-3-5-14-16/h3,5,7-9H,4,6H2,1-2H3,(H,13,17). The Morgan fingerprint density at radius 1 is 1.56 bits per heavy atom. The summed E-state index contributed by atoms with van der Waals surface area (Å²) in [6.07, 6.45) is 4.34. The molecule has 1 N–H and O–H groups in total. The Morgan fingerprint density at radius 2 is 2.39 bits per heavy atom. The van der Waals surface area contributed by atoms with E-state index in [2.05, 4.69) is 15.4 Å². The van der Waals surface area contributed by atoms with E-state index >= 15 is 0 Å². The quantitative estimate of drug-likeness (QED) is 0.893. The molecule has 2 aromatic rings. The molecule has 0 saturated carbocycles. The maximum atomic E-state index is 11.4. The average molecular weight is 264 g/mol. The fourth-order valence-electron chi connectivity index (χ4n) is 1.42. The van der Waals surface area contributed by atoms with Gasteiger partial charge < -0.3 is 5.32 Å². The van der Waals surface area contributed by atoms with E-state index in [0.29, 0.717) is 6.54 Å². The molecule has 0 bridgehead atoms. The summed E-state index contributed by atoms with van der Waals surface area (Å²) in [6.45, 7) is 4.39. The fraction of sp³-hybridized carbons (Fsp3) is 0.417. The van der Waals surface area contributed by atoms with Crippen LogP contribution in [0.1, 0.15) is 19.5 Å². The van der Waals surface area contributed by atoms with E-state index in [1.807, 2.05) is 31.5 Å². The highest BCUT2D eigenvalue weighted by Gasteiger charge is 2.07. The number of carbonyl (C=O) groups excluding carboxylic acids is 1. The minimum absolute atomic E-state index is 0.0278. The van der Waals surface area contributed by atoms with Gasteiger partial charge in [0.05, 0.1) is 5.69 Å². The van der Waals surface area contributed by atoms with E-state index in [9.17, 15) is 4.79 Å². The Bertz CT molecular complexity index is 504. The van der Waals surface area contributed by atoms with Crippen LogP contribution < -0.4 is 5.32 Å². The van der Waals surface area contributed by atoms with Crippen LogP contribution in [0.2, 0.25) is 0 Å². The number of aromatic nitrogens is 3. The summed E-state index contributed by atoms with van der Waals surface area (Å²) in [5, 5.41) is 9.85. The van der Waals surface area contributed by atoms with E-state index in [0.717, 1.165) is 17.2 Å². The highest BCUT2D eigenvalue weighted by Crippen LogP contribution is 2.13. The van der Waals surface area contributed by atoms with Gasteiger partial charge in [-0.15, -0.1) is 11.3 Å². The Balaban J connectivity index is 1.86. The number of carbonyl (C=O) groups is 1. The van der Waals surface area contributed by atoms with Crippen molar-refractivity contribution in [1.82, 2.24) is 20.1 Å². The molecule has 2 heterocycles. The maximum absolute atomic E-state index is 11.4. The molecule has 0 fully saturated rings. The summed E-state index contributed by atoms with van der Waals surface area (Å²) in [5.41, 5.74) is 0.981. The lowest BCUT2D eigenvalue weighted by Gasteiger charge is -2.05. The third-order valence-electron chi connectivity index (χ3n) is 2.44. The summed E-state index contributed by atoms with van der Waals surface area (Å²) in [5.74, 6) is 0.109. The van der Waals surface area contributed by atoms with Crippen molar-refractivity contribution in [3.63, 3.8) is 0 Å². The third kappa shape index (κ3) is 3.16. The Morgan fingerprint density at radius 3 is 3.06 bits per heavy atom. The molecule has 0 aliphatic carbocycles. The first-order chi connectivity index (χ1) is 8.66. The second-order valence-corrected chi connectivity index (χ2v) is 5.10. The highest BCUT2D eigenvalue weighted by atomic mass is 32.1. The molecule has 6 heteroatoms. The van der Waals surface area contributed by atoms with Crippen molar-refractivity contribution in [3.8, 4) is 5.13 Å². The van der Waals surface area contributed by atoms with Gasteiger partial charge in [0.2, 0.25) is 11.0 Å². The fourth-order valence-corrected chi connectivity index (χ4v) is 2.21. The van der Waals surface area contributed by atoms with E-state index in [1.165, 1.54) is 0 Å². The van der Waals surface area contributed by atoms with Crippen LogP contribution in [0.15, 0.2) is 23.8 Å². The maximum Gasteiger partial charge on any atom is 0.222 e. The van der Waals surface area contributed by atoms with Crippen LogP contribution in [-0.4, -0.2) is 27.2 Å². The number of rotatable bonds is 5. The van der Waals surface area contributed by atoms with E-state index in [-0.39, 0.29) is 11.8 Å². The molecule has 0 saturated heterocycles. The van der Waals surface area contributed by atoms with Crippen molar-refractivity contribution in [2.75, 3.05) is 6.54 Å². The van der Waals surface area contributed by atoms with Gasteiger partial charge in [0, 0.05) is 36.7 Å². The number of thiazole rings is 1. The first-order valence-electron chi connectivity index (χ1n) is 5.89. The number of hydrogen-bond donors (Lipinski definition) is 1. The lowest BCUT2D eigenvalue weighted by molar-refractivity contribution is -0.123. The van der Waals surface area contributed by atoms with Gasteiger partial charge in [0.1, 0.15) is 0 Å². The predicted molar refractivity (Wildman–Crippen MR) is 70.8 cm³/mol. The van der Waals surface area contributed by atoms with Crippen LogP contribution in [0.5, 0.6) is 0 Å². The molecule has 96 valence electrons. The van der Waals surface area contributed by atoms with Crippen LogP contribution >= 0.6 is 11.3 Å². The molecule has 1 amide bonds. The SMILES string of the molecule is CC(C)C(=O)NCCc1csc(-n2cccn2)n1. The van der Waals surface area contributed by atoms with Gasteiger partial charge in [-0.05, 0) is 6.07 Å². The summed E-state index contributed by atoms with van der Waals surface area (Å²) in [4.78, 5) is 15.8. The molecule has 0 atom stereocenters. The summed E-state index contributed by atoms with van der Waals surface area (Å²) >= 11 is 1.55. The molecule has 0 radical (unpaired) electrons. The minimum Gasteiger partial charge on any atom is -0.355 e. The number of nitrogens with one attached hydrogen (secondary N) is 1. The van der Waals surface area contributed by atoms with Crippen molar-refractivity contribution in [1.29, 1.82) is 0 Å². The zero-order valence-corrected chi connectivity index (χ0v) is 11.3. The molecule has 0 spiro atoms. The van der Waals surface area contributed by atoms with Crippen molar-refractivity contribution in [3.05, 3.63) is 29.5 Å². The summed E-state index contributed by atoms with van der Waals surface area (Å²) in [6, 6.07) is 1.87. The van der Waals surface area contributed by atoms with Gasteiger partial charge in [-0.25, -0.2) is 9.67 Å². The minimum atomic E-state index is 0.0278. The van der Waals surface area contributed by atoms with Crippen LogP contribution in [-0.2, 0) is 11.2 Å². The van der Waals surface area contributed by atoms with Crippen LogP contribution in [0.4, 0.5) is 0 Å². The smallest absolute Gasteiger partial charge is 0.222 e. The van der Waals surface area contributed by atoms with Crippen molar-refractivity contribution >= 4 is 17.2 Å². The molecule has 2 aromatic heterocycles. The van der Waals surface area contributed by atoms with Gasteiger partial charge in [0.25, 0.3) is 0 Å². The van der Waals surface area contributed by atoms with Gasteiger partial charge in [-0.1, -0.05) is 13.8 Å². The van der Waals surface area contributed by atoms with Crippen LogP contribution in [0, 0.1) is 5.92 Å². The highest BCUT2D eigenvalue weighted by molar-refractivity contribution is 7.12. The lowest BCUT2D eigenvalue weighted by Crippen LogP contribution is -2.29. The first kappa shape index (κ1) is 12.8. The molecule has 0 aromatic carbocycles. The van der Waals surface area contributed by atoms with Gasteiger partial charge in [0.15, 0.2) is 0 Å². The van der Waals surface area contributed by atoms with E-state index in [1.54, 1.807) is 22.2 Å². The first-order valence-corrected chi connectivity index (χ1v) is 6.77. The molecule has 0 aliphatic rings. The Labute approximate surface area is 110 Å². The topological polar surface area (TPSA) is 59.8 Å². The molecule has 18 heavy (non-hydrogen) atoms. The number of hydrogen-bond acceptors (Lipinski definition) is 4. The van der Waals surface area contributed by atoms with E-state index in [4.69, 9.17) is 0 Å². The largest absolute Gasteiger partial charge is 0.355 e. The molecular weight excluding hydrogens is 248 g/mol. The lowest BCUT2D eigenvalue weighted by atomic mass is 10.2. The molecular formula is C12H16N4OS. The summed E-state index contributed by atoms with van der Waals surface area (Å²) in [7, 11) is 0. The monoisotopic (exact) mass is 264 g/mol. The summed E-state index contributed by atoms with van der Waals surface area (Å²) < 4.78 is 1.74. The van der Waals surface area contributed by atoms with Crippen LogP contribution in [0.25, 0.3) is 5.13 Å². The Kier molecular flexibility index (Phi) is 4.09. The number of amides is 1. The van der Waals surface area contributed by atoms with Crippen molar-refractivity contribution in [2.45, 2.75) is 20.3 Å².